The van der Waals surface area contributed by atoms with Crippen molar-refractivity contribution >= 4 is 53.9 Å². The first kappa shape index (κ1) is 10.3. The second-order valence-electron chi connectivity index (χ2n) is 4.27. The number of hydrogen-bond donors (Lipinski definition) is 0. The normalized spacial score (nSPS) is 11.6. The van der Waals surface area contributed by atoms with Crippen molar-refractivity contribution in [2.75, 3.05) is 0 Å². The predicted molar refractivity (Wildman–Crippen MR) is 79.6 cm³/mol. The molecule has 4 aromatic rings. The maximum Gasteiger partial charge on any atom is 0.130 e. The van der Waals surface area contributed by atoms with E-state index in [4.69, 9.17) is 11.6 Å². The Balaban J connectivity index is 2.29. The number of benzene rings is 2. The van der Waals surface area contributed by atoms with Crippen LogP contribution in [0.15, 0.2) is 48.7 Å². The lowest BCUT2D eigenvalue weighted by molar-refractivity contribution is 1.37. The molecule has 86 valence electrons. The monoisotopic (exact) mass is 269 g/mol. The zero-order chi connectivity index (χ0) is 12.1. The fraction of sp³-hybridized carbons (Fsp3) is 0. The van der Waals surface area contributed by atoms with Gasteiger partial charge >= 0.3 is 0 Å². The molecule has 0 unspecified atom stereocenters. The Bertz CT molecular complexity index is 895. The molecule has 0 N–H and O–H groups in total. The number of halogens is 1. The molecule has 2 aromatic heterocycles. The van der Waals surface area contributed by atoms with E-state index in [9.17, 15) is 0 Å². The summed E-state index contributed by atoms with van der Waals surface area (Å²) in [5.74, 6) is 0. The van der Waals surface area contributed by atoms with Crippen LogP contribution >= 0.6 is 22.9 Å². The number of pyridine rings is 1. The van der Waals surface area contributed by atoms with Crippen LogP contribution in [0.2, 0.25) is 5.15 Å². The second-order valence-corrected chi connectivity index (χ2v) is 5.71. The van der Waals surface area contributed by atoms with Gasteiger partial charge in [0.25, 0.3) is 0 Å². The van der Waals surface area contributed by atoms with E-state index in [1.54, 1.807) is 11.3 Å². The molecule has 0 amide bonds. The quantitative estimate of drug-likeness (QED) is 0.397. The van der Waals surface area contributed by atoms with Crippen molar-refractivity contribution in [1.29, 1.82) is 0 Å². The van der Waals surface area contributed by atoms with Crippen molar-refractivity contribution in [3.8, 4) is 0 Å². The summed E-state index contributed by atoms with van der Waals surface area (Å²) in [5.41, 5.74) is 0. The molecule has 0 aliphatic carbocycles. The first-order valence-corrected chi connectivity index (χ1v) is 6.88. The van der Waals surface area contributed by atoms with Crippen molar-refractivity contribution in [1.82, 2.24) is 4.98 Å². The van der Waals surface area contributed by atoms with Crippen molar-refractivity contribution in [3.63, 3.8) is 0 Å². The maximum absolute atomic E-state index is 5.96. The zero-order valence-corrected chi connectivity index (χ0v) is 10.9. The van der Waals surface area contributed by atoms with E-state index in [0.717, 1.165) is 0 Å². The van der Waals surface area contributed by atoms with Gasteiger partial charge in [0.15, 0.2) is 0 Å². The number of thiophene rings is 1. The van der Waals surface area contributed by atoms with Gasteiger partial charge in [0.2, 0.25) is 0 Å². The van der Waals surface area contributed by atoms with E-state index in [0.29, 0.717) is 5.15 Å². The van der Waals surface area contributed by atoms with Crippen LogP contribution < -0.4 is 0 Å². The van der Waals surface area contributed by atoms with Crippen LogP contribution in [0.5, 0.6) is 0 Å². The zero-order valence-electron chi connectivity index (χ0n) is 9.35. The highest BCUT2D eigenvalue weighted by atomic mass is 35.5. The molecule has 3 heteroatoms. The molecule has 1 nitrogen and oxygen atoms in total. The Labute approximate surface area is 113 Å². The Morgan fingerprint density at radius 2 is 1.83 bits per heavy atom. The fourth-order valence-electron chi connectivity index (χ4n) is 2.37. The first-order valence-electron chi connectivity index (χ1n) is 5.68. The van der Waals surface area contributed by atoms with Crippen molar-refractivity contribution in [3.05, 3.63) is 53.8 Å². The molecule has 18 heavy (non-hydrogen) atoms. The van der Waals surface area contributed by atoms with Crippen LogP contribution in [0, 0.1) is 0 Å². The lowest BCUT2D eigenvalue weighted by Crippen LogP contribution is -1.74. The summed E-state index contributed by atoms with van der Waals surface area (Å²) in [5, 5.41) is 5.57. The molecule has 0 fully saturated rings. The van der Waals surface area contributed by atoms with Crippen molar-refractivity contribution in [2.45, 2.75) is 0 Å². The molecule has 0 aliphatic heterocycles. The first-order chi connectivity index (χ1) is 8.83. The predicted octanol–water partition coefficient (Wildman–Crippen LogP) is 5.26. The van der Waals surface area contributed by atoms with Gasteiger partial charge in [-0.15, -0.1) is 11.3 Å². The van der Waals surface area contributed by atoms with Gasteiger partial charge < -0.3 is 0 Å². The summed E-state index contributed by atoms with van der Waals surface area (Å²) in [7, 11) is 0. The van der Waals surface area contributed by atoms with E-state index in [2.05, 4.69) is 41.4 Å². The van der Waals surface area contributed by atoms with Crippen LogP contribution in [0.25, 0.3) is 30.9 Å². The Hall–Kier alpha value is -1.64. The fourth-order valence-corrected chi connectivity index (χ4v) is 3.84. The van der Waals surface area contributed by atoms with Gasteiger partial charge in [-0.1, -0.05) is 48.0 Å². The lowest BCUT2D eigenvalue weighted by atomic mass is 10.1. The minimum absolute atomic E-state index is 0.554. The van der Waals surface area contributed by atoms with Gasteiger partial charge in [-0.2, -0.15) is 0 Å². The summed E-state index contributed by atoms with van der Waals surface area (Å²) >= 11 is 7.74. The summed E-state index contributed by atoms with van der Waals surface area (Å²) < 4.78 is 2.51. The largest absolute Gasteiger partial charge is 0.244 e. The Kier molecular flexibility index (Phi) is 2.10. The van der Waals surface area contributed by atoms with Crippen molar-refractivity contribution in [2.24, 2.45) is 0 Å². The molecule has 0 saturated carbocycles. The smallest absolute Gasteiger partial charge is 0.130 e. The number of nitrogens with zero attached hydrogens (tertiary/aromatic N) is 1. The lowest BCUT2D eigenvalue weighted by Gasteiger charge is -1.98. The molecule has 0 radical (unpaired) electrons. The van der Waals surface area contributed by atoms with Gasteiger partial charge in [-0.3, -0.25) is 0 Å². The molecule has 0 spiro atoms. The van der Waals surface area contributed by atoms with Gasteiger partial charge in [-0.25, -0.2) is 4.98 Å². The molecule has 0 aliphatic rings. The third-order valence-corrected chi connectivity index (χ3v) is 4.62. The van der Waals surface area contributed by atoms with E-state index in [1.807, 2.05) is 12.3 Å². The molecule has 0 bridgehead atoms. The third-order valence-electron chi connectivity index (χ3n) is 3.21. The van der Waals surface area contributed by atoms with Crippen LogP contribution in [-0.4, -0.2) is 4.98 Å². The minimum Gasteiger partial charge on any atom is -0.244 e. The third kappa shape index (κ3) is 1.36. The average molecular weight is 270 g/mol. The van der Waals surface area contributed by atoms with E-state index < -0.39 is 0 Å². The van der Waals surface area contributed by atoms with E-state index >= 15 is 0 Å². The Morgan fingerprint density at radius 3 is 2.78 bits per heavy atom. The number of hydrogen-bond acceptors (Lipinski definition) is 2. The van der Waals surface area contributed by atoms with Crippen LogP contribution in [0.3, 0.4) is 0 Å². The SMILES string of the molecule is Clc1cc2sc3c4ccccc4ccc3c2cn1. The number of aromatic nitrogens is 1. The molecular formula is C15H8ClNS. The van der Waals surface area contributed by atoms with E-state index in [-0.39, 0.29) is 0 Å². The molecule has 2 heterocycles. The summed E-state index contributed by atoms with van der Waals surface area (Å²) in [6.07, 6.45) is 1.87. The summed E-state index contributed by atoms with van der Waals surface area (Å²) in [6, 6.07) is 14.7. The molecule has 0 saturated heterocycles. The number of rotatable bonds is 0. The minimum atomic E-state index is 0.554. The Morgan fingerprint density at radius 1 is 0.944 bits per heavy atom. The second kappa shape index (κ2) is 3.67. The summed E-state index contributed by atoms with van der Waals surface area (Å²) in [4.78, 5) is 4.18. The van der Waals surface area contributed by atoms with Crippen molar-refractivity contribution < 1.29 is 0 Å². The van der Waals surface area contributed by atoms with E-state index in [1.165, 1.54) is 30.9 Å². The van der Waals surface area contributed by atoms with Gasteiger partial charge in [0.05, 0.1) is 0 Å². The highest BCUT2D eigenvalue weighted by molar-refractivity contribution is 7.26. The maximum atomic E-state index is 5.96. The van der Waals surface area contributed by atoms with Gasteiger partial charge in [0.1, 0.15) is 5.15 Å². The van der Waals surface area contributed by atoms with Gasteiger partial charge in [-0.05, 0) is 16.8 Å². The molecule has 0 atom stereocenters. The number of fused-ring (bicyclic) bond motifs is 5. The molecule has 2 aromatic carbocycles. The molecule has 4 rings (SSSR count). The van der Waals surface area contributed by atoms with Crippen LogP contribution in [0.1, 0.15) is 0 Å². The van der Waals surface area contributed by atoms with Crippen LogP contribution in [0.4, 0.5) is 0 Å². The van der Waals surface area contributed by atoms with Crippen LogP contribution in [-0.2, 0) is 0 Å². The highest BCUT2D eigenvalue weighted by Gasteiger charge is 2.08. The van der Waals surface area contributed by atoms with Gasteiger partial charge in [0, 0.05) is 26.4 Å². The standard InChI is InChI=1S/C15H8ClNS/c16-14-7-13-12(8-17-14)11-6-5-9-3-1-2-4-10(9)15(11)18-13/h1-8H. The average Bonchev–Trinajstić information content (AvgIpc) is 2.76. The topological polar surface area (TPSA) is 12.9 Å². The molecular weight excluding hydrogens is 262 g/mol. The highest BCUT2D eigenvalue weighted by Crippen LogP contribution is 2.38. The summed E-state index contributed by atoms with van der Waals surface area (Å²) in [6.45, 7) is 0.